The molecule has 70 valence electrons. The van der Waals surface area contributed by atoms with Crippen LogP contribution in [0, 0.1) is 5.92 Å². The third-order valence-corrected chi connectivity index (χ3v) is 2.85. The van der Waals surface area contributed by atoms with Crippen molar-refractivity contribution < 1.29 is 9.90 Å². The highest BCUT2D eigenvalue weighted by Crippen LogP contribution is 2.44. The molecule has 1 fully saturated rings. The van der Waals surface area contributed by atoms with E-state index in [1.54, 1.807) is 30.2 Å². The van der Waals surface area contributed by atoms with E-state index >= 15 is 0 Å². The molecule has 1 aliphatic rings. The van der Waals surface area contributed by atoms with E-state index in [0.29, 0.717) is 0 Å². The lowest BCUT2D eigenvalue weighted by Crippen LogP contribution is -2.40. The van der Waals surface area contributed by atoms with Crippen molar-refractivity contribution >= 4 is 5.97 Å². The molecule has 0 spiro atoms. The van der Waals surface area contributed by atoms with Crippen LogP contribution in [0.4, 0.5) is 0 Å². The van der Waals surface area contributed by atoms with Crippen molar-refractivity contribution in [3.05, 3.63) is 18.7 Å². The molecule has 0 radical (unpaired) electrons. The standard InChI is InChI=1S/C9H12N2O2/c1-9(8(12)13,7-2-3-7)11-5-4-10-6-11/h4-7H,2-3H2,1H3,(H,12,13). The average molecular weight is 180 g/mol. The second kappa shape index (κ2) is 2.58. The lowest BCUT2D eigenvalue weighted by molar-refractivity contribution is -0.147. The van der Waals surface area contributed by atoms with Gasteiger partial charge in [0.25, 0.3) is 0 Å². The molecule has 0 aliphatic heterocycles. The molecule has 4 heteroatoms. The monoisotopic (exact) mass is 180 g/mol. The molecule has 1 aromatic heterocycles. The molecule has 0 bridgehead atoms. The Morgan fingerprint density at radius 1 is 1.69 bits per heavy atom. The third-order valence-electron chi connectivity index (χ3n) is 2.85. The van der Waals surface area contributed by atoms with Crippen LogP contribution in [0.25, 0.3) is 0 Å². The zero-order valence-corrected chi connectivity index (χ0v) is 7.47. The Morgan fingerprint density at radius 2 is 2.38 bits per heavy atom. The van der Waals surface area contributed by atoms with Crippen molar-refractivity contribution in [1.29, 1.82) is 0 Å². The number of rotatable bonds is 3. The summed E-state index contributed by atoms with van der Waals surface area (Å²) >= 11 is 0. The smallest absolute Gasteiger partial charge is 0.329 e. The van der Waals surface area contributed by atoms with Crippen LogP contribution in [0.1, 0.15) is 19.8 Å². The van der Waals surface area contributed by atoms with Crippen LogP contribution < -0.4 is 0 Å². The number of aromatic nitrogens is 2. The number of carboxylic acid groups (broad SMARTS) is 1. The molecule has 0 aromatic carbocycles. The summed E-state index contributed by atoms with van der Waals surface area (Å²) in [7, 11) is 0. The summed E-state index contributed by atoms with van der Waals surface area (Å²) in [6.07, 6.45) is 6.91. The van der Waals surface area contributed by atoms with Gasteiger partial charge >= 0.3 is 5.97 Å². The maximum Gasteiger partial charge on any atom is 0.329 e. The first kappa shape index (κ1) is 8.29. The highest BCUT2D eigenvalue weighted by Gasteiger charge is 2.48. The second-order valence-corrected chi connectivity index (χ2v) is 3.70. The van der Waals surface area contributed by atoms with Gasteiger partial charge < -0.3 is 9.67 Å². The molecule has 1 saturated carbocycles. The SMILES string of the molecule is CC(C(=O)O)(C1CC1)n1ccnc1. The van der Waals surface area contributed by atoms with E-state index in [-0.39, 0.29) is 5.92 Å². The van der Waals surface area contributed by atoms with E-state index in [0.717, 1.165) is 12.8 Å². The van der Waals surface area contributed by atoms with Crippen LogP contribution in [0.3, 0.4) is 0 Å². The van der Waals surface area contributed by atoms with Gasteiger partial charge in [0, 0.05) is 12.4 Å². The van der Waals surface area contributed by atoms with Gasteiger partial charge in [0.05, 0.1) is 6.33 Å². The Bertz CT molecular complexity index is 316. The second-order valence-electron chi connectivity index (χ2n) is 3.70. The average Bonchev–Trinajstić information content (AvgIpc) is 2.80. The molecule has 2 rings (SSSR count). The normalized spacial score (nSPS) is 21.0. The van der Waals surface area contributed by atoms with E-state index in [4.69, 9.17) is 5.11 Å². The topological polar surface area (TPSA) is 55.1 Å². The van der Waals surface area contributed by atoms with E-state index in [2.05, 4.69) is 4.98 Å². The molecular formula is C9H12N2O2. The molecule has 13 heavy (non-hydrogen) atoms. The van der Waals surface area contributed by atoms with Crippen LogP contribution in [-0.2, 0) is 10.3 Å². The molecular weight excluding hydrogens is 168 g/mol. The fourth-order valence-electron chi connectivity index (χ4n) is 1.68. The maximum atomic E-state index is 11.2. The summed E-state index contributed by atoms with van der Waals surface area (Å²) in [5, 5.41) is 9.17. The highest BCUT2D eigenvalue weighted by molar-refractivity contribution is 5.77. The first-order chi connectivity index (χ1) is 6.15. The van der Waals surface area contributed by atoms with Gasteiger partial charge in [0.2, 0.25) is 0 Å². The molecule has 4 nitrogen and oxygen atoms in total. The molecule has 0 amide bonds. The van der Waals surface area contributed by atoms with Crippen molar-refractivity contribution in [2.45, 2.75) is 25.3 Å². The minimum absolute atomic E-state index is 0.263. The Morgan fingerprint density at radius 3 is 2.77 bits per heavy atom. The molecule has 1 heterocycles. The number of nitrogens with zero attached hydrogens (tertiary/aromatic N) is 2. The number of carbonyl (C=O) groups is 1. The summed E-state index contributed by atoms with van der Waals surface area (Å²) in [6, 6.07) is 0. The van der Waals surface area contributed by atoms with E-state index in [9.17, 15) is 4.79 Å². The number of imidazole rings is 1. The third kappa shape index (κ3) is 1.13. The predicted octanol–water partition coefficient (Wildman–Crippen LogP) is 1.09. The number of hydrogen-bond acceptors (Lipinski definition) is 2. The van der Waals surface area contributed by atoms with Gasteiger partial charge in [0.15, 0.2) is 0 Å². The molecule has 1 unspecified atom stereocenters. The van der Waals surface area contributed by atoms with Crippen LogP contribution >= 0.6 is 0 Å². The fourth-order valence-corrected chi connectivity index (χ4v) is 1.68. The summed E-state index contributed by atoms with van der Waals surface area (Å²) in [5.74, 6) is -0.507. The van der Waals surface area contributed by atoms with Gasteiger partial charge in [-0.05, 0) is 25.7 Å². The first-order valence-corrected chi connectivity index (χ1v) is 4.37. The summed E-state index contributed by atoms with van der Waals surface area (Å²) in [5.41, 5.74) is -0.795. The lowest BCUT2D eigenvalue weighted by Gasteiger charge is -2.25. The Labute approximate surface area is 76.2 Å². The molecule has 1 N–H and O–H groups in total. The van der Waals surface area contributed by atoms with Crippen molar-refractivity contribution in [2.75, 3.05) is 0 Å². The Kier molecular flexibility index (Phi) is 1.65. The first-order valence-electron chi connectivity index (χ1n) is 4.37. The quantitative estimate of drug-likeness (QED) is 0.757. The van der Waals surface area contributed by atoms with E-state index in [1.165, 1.54) is 0 Å². The number of carboxylic acids is 1. The number of aliphatic carboxylic acids is 1. The molecule has 1 aliphatic carbocycles. The van der Waals surface area contributed by atoms with Crippen LogP contribution in [-0.4, -0.2) is 20.6 Å². The van der Waals surface area contributed by atoms with Crippen LogP contribution in [0.15, 0.2) is 18.7 Å². The number of hydrogen-bond donors (Lipinski definition) is 1. The van der Waals surface area contributed by atoms with Gasteiger partial charge in [-0.1, -0.05) is 0 Å². The highest BCUT2D eigenvalue weighted by atomic mass is 16.4. The van der Waals surface area contributed by atoms with Crippen LogP contribution in [0.2, 0.25) is 0 Å². The Balaban J connectivity index is 2.38. The maximum absolute atomic E-state index is 11.2. The minimum atomic E-state index is -0.795. The van der Waals surface area contributed by atoms with Crippen molar-refractivity contribution in [2.24, 2.45) is 5.92 Å². The van der Waals surface area contributed by atoms with E-state index < -0.39 is 11.5 Å². The van der Waals surface area contributed by atoms with Gasteiger partial charge in [-0.25, -0.2) is 9.78 Å². The largest absolute Gasteiger partial charge is 0.479 e. The zero-order valence-electron chi connectivity index (χ0n) is 7.47. The van der Waals surface area contributed by atoms with E-state index in [1.807, 2.05) is 0 Å². The predicted molar refractivity (Wildman–Crippen MR) is 46.2 cm³/mol. The van der Waals surface area contributed by atoms with Crippen molar-refractivity contribution in [3.63, 3.8) is 0 Å². The summed E-state index contributed by atoms with van der Waals surface area (Å²) in [4.78, 5) is 15.0. The van der Waals surface area contributed by atoms with Crippen molar-refractivity contribution in [1.82, 2.24) is 9.55 Å². The van der Waals surface area contributed by atoms with Crippen molar-refractivity contribution in [3.8, 4) is 0 Å². The minimum Gasteiger partial charge on any atom is -0.479 e. The van der Waals surface area contributed by atoms with Gasteiger partial charge in [-0.2, -0.15) is 0 Å². The summed E-state index contributed by atoms with van der Waals surface area (Å²) in [6.45, 7) is 1.76. The fraction of sp³-hybridized carbons (Fsp3) is 0.556. The lowest BCUT2D eigenvalue weighted by atomic mass is 9.96. The Hall–Kier alpha value is -1.32. The zero-order chi connectivity index (χ0) is 9.47. The molecule has 1 atom stereocenters. The van der Waals surface area contributed by atoms with Gasteiger partial charge in [-0.3, -0.25) is 0 Å². The summed E-state index contributed by atoms with van der Waals surface area (Å²) < 4.78 is 1.69. The van der Waals surface area contributed by atoms with Gasteiger partial charge in [0.1, 0.15) is 5.54 Å². The van der Waals surface area contributed by atoms with Crippen LogP contribution in [0.5, 0.6) is 0 Å². The molecule has 1 aromatic rings. The van der Waals surface area contributed by atoms with Gasteiger partial charge in [-0.15, -0.1) is 0 Å². The molecule has 0 saturated heterocycles.